The fourth-order valence-electron chi connectivity index (χ4n) is 2.74. The summed E-state index contributed by atoms with van der Waals surface area (Å²) in [6.45, 7) is 0.401. The van der Waals surface area contributed by atoms with Crippen molar-refractivity contribution >= 4 is 29.1 Å². The molecule has 1 aromatic carbocycles. The van der Waals surface area contributed by atoms with Crippen LogP contribution in [0.25, 0.3) is 10.9 Å². The molecule has 0 unspecified atom stereocenters. The second kappa shape index (κ2) is 7.16. The van der Waals surface area contributed by atoms with Crippen molar-refractivity contribution in [3.63, 3.8) is 0 Å². The van der Waals surface area contributed by atoms with E-state index in [9.17, 15) is 19.1 Å². The number of halogens is 2. The molecule has 2 heterocycles. The molecule has 2 aromatic rings. The van der Waals surface area contributed by atoms with Gasteiger partial charge in [0.2, 0.25) is 0 Å². The van der Waals surface area contributed by atoms with Crippen molar-refractivity contribution in [3.8, 4) is 0 Å². The van der Waals surface area contributed by atoms with E-state index >= 15 is 0 Å². The first-order chi connectivity index (χ1) is 10.6. The Labute approximate surface area is 137 Å². The molecule has 1 aliphatic rings. The van der Waals surface area contributed by atoms with Gasteiger partial charge in [-0.1, -0.05) is 6.07 Å². The van der Waals surface area contributed by atoms with Gasteiger partial charge >= 0.3 is 0 Å². The van der Waals surface area contributed by atoms with Gasteiger partial charge in [0, 0.05) is 0 Å². The van der Waals surface area contributed by atoms with Gasteiger partial charge in [-0.2, -0.15) is 0 Å². The van der Waals surface area contributed by atoms with Gasteiger partial charge in [0.1, 0.15) is 11.2 Å². The number of ketones is 1. The molecule has 0 bridgehead atoms. The van der Waals surface area contributed by atoms with Crippen LogP contribution in [0.1, 0.15) is 12.8 Å². The zero-order valence-corrected chi connectivity index (χ0v) is 13.1. The highest BCUT2D eigenvalue weighted by molar-refractivity contribution is 5.85. The van der Waals surface area contributed by atoms with Gasteiger partial charge in [-0.3, -0.25) is 14.2 Å². The summed E-state index contributed by atoms with van der Waals surface area (Å²) >= 11 is 0. The molecule has 2 N–H and O–H groups in total. The predicted molar refractivity (Wildman–Crippen MR) is 85.2 cm³/mol. The molecule has 0 amide bonds. The molecule has 1 aliphatic heterocycles. The van der Waals surface area contributed by atoms with Gasteiger partial charge in [-0.25, -0.2) is 9.37 Å². The van der Waals surface area contributed by atoms with Crippen molar-refractivity contribution in [1.29, 1.82) is 0 Å². The third-order valence-corrected chi connectivity index (χ3v) is 3.90. The Morgan fingerprint density at radius 1 is 1.48 bits per heavy atom. The van der Waals surface area contributed by atoms with Crippen LogP contribution in [-0.4, -0.2) is 39.1 Å². The minimum atomic E-state index is -0.762. The summed E-state index contributed by atoms with van der Waals surface area (Å²) in [5, 5.41) is 12.7. The maximum atomic E-state index is 13.8. The summed E-state index contributed by atoms with van der Waals surface area (Å²) in [4.78, 5) is 28.6. The molecule has 3 rings (SSSR count). The van der Waals surface area contributed by atoms with Crippen molar-refractivity contribution in [3.05, 3.63) is 40.7 Å². The highest BCUT2D eigenvalue weighted by Crippen LogP contribution is 2.12. The van der Waals surface area contributed by atoms with Crippen LogP contribution in [0.5, 0.6) is 0 Å². The van der Waals surface area contributed by atoms with Crippen LogP contribution in [0.3, 0.4) is 0 Å². The van der Waals surface area contributed by atoms with E-state index < -0.39 is 23.5 Å². The summed E-state index contributed by atoms with van der Waals surface area (Å²) < 4.78 is 14.9. The lowest BCUT2D eigenvalue weighted by molar-refractivity contribution is -0.125. The van der Waals surface area contributed by atoms with Crippen molar-refractivity contribution in [2.75, 3.05) is 6.54 Å². The molecule has 0 spiro atoms. The molecule has 2 atom stereocenters. The number of aliphatic hydroxyl groups excluding tert-OH is 1. The molecule has 1 fully saturated rings. The molecular formula is C15H17ClFN3O3. The largest absolute Gasteiger partial charge is 0.391 e. The summed E-state index contributed by atoms with van der Waals surface area (Å²) in [6.07, 6.45) is 1.82. The number of hydrogen-bond acceptors (Lipinski definition) is 5. The molecule has 8 heteroatoms. The van der Waals surface area contributed by atoms with Crippen LogP contribution < -0.4 is 10.9 Å². The van der Waals surface area contributed by atoms with Gasteiger partial charge in [0.25, 0.3) is 5.56 Å². The zero-order valence-electron chi connectivity index (χ0n) is 12.2. The zero-order chi connectivity index (χ0) is 15.7. The molecule has 23 heavy (non-hydrogen) atoms. The van der Waals surface area contributed by atoms with E-state index in [2.05, 4.69) is 10.3 Å². The highest BCUT2D eigenvalue weighted by atomic mass is 35.5. The summed E-state index contributed by atoms with van der Waals surface area (Å²) in [5.74, 6) is -0.973. The quantitative estimate of drug-likeness (QED) is 0.856. The van der Waals surface area contributed by atoms with Crippen molar-refractivity contribution in [2.24, 2.45) is 0 Å². The summed E-state index contributed by atoms with van der Waals surface area (Å²) in [7, 11) is 0. The number of fused-ring (bicyclic) bond motifs is 1. The lowest BCUT2D eigenvalue weighted by atomic mass is 9.98. The highest BCUT2D eigenvalue weighted by Gasteiger charge is 2.29. The molecule has 0 radical (unpaired) electrons. The number of nitrogens with zero attached hydrogens (tertiary/aromatic N) is 2. The van der Waals surface area contributed by atoms with E-state index in [1.165, 1.54) is 18.5 Å². The Morgan fingerprint density at radius 2 is 2.26 bits per heavy atom. The van der Waals surface area contributed by atoms with E-state index in [1.807, 2.05) is 0 Å². The Balaban J connectivity index is 0.00000192. The van der Waals surface area contributed by atoms with Gasteiger partial charge < -0.3 is 10.4 Å². The van der Waals surface area contributed by atoms with Crippen LogP contribution in [0.2, 0.25) is 0 Å². The van der Waals surface area contributed by atoms with E-state index in [0.717, 1.165) is 11.0 Å². The van der Waals surface area contributed by atoms with Gasteiger partial charge in [0.15, 0.2) is 5.78 Å². The third kappa shape index (κ3) is 3.41. The van der Waals surface area contributed by atoms with Gasteiger partial charge in [-0.15, -0.1) is 12.4 Å². The second-order valence-electron chi connectivity index (χ2n) is 5.42. The average Bonchev–Trinajstić information content (AvgIpc) is 2.50. The number of rotatable bonds is 3. The van der Waals surface area contributed by atoms with Crippen LogP contribution in [0.4, 0.5) is 4.39 Å². The topological polar surface area (TPSA) is 84.2 Å². The lowest BCUT2D eigenvalue weighted by Gasteiger charge is -2.27. The smallest absolute Gasteiger partial charge is 0.264 e. The van der Waals surface area contributed by atoms with E-state index in [0.29, 0.717) is 13.0 Å². The van der Waals surface area contributed by atoms with Crippen LogP contribution in [0.15, 0.2) is 29.3 Å². The molecule has 0 saturated carbocycles. The fourth-order valence-corrected chi connectivity index (χ4v) is 2.74. The molecular weight excluding hydrogens is 325 g/mol. The van der Waals surface area contributed by atoms with E-state index in [4.69, 9.17) is 0 Å². The Morgan fingerprint density at radius 3 is 3.00 bits per heavy atom. The van der Waals surface area contributed by atoms with Crippen LogP contribution in [0, 0.1) is 5.82 Å². The third-order valence-electron chi connectivity index (χ3n) is 3.90. The van der Waals surface area contributed by atoms with E-state index in [1.54, 1.807) is 6.07 Å². The lowest BCUT2D eigenvalue weighted by Crippen LogP contribution is -2.51. The maximum absolute atomic E-state index is 13.8. The standard InChI is InChI=1S/C15H16FN3O3.ClH/c16-9-3-1-4-10-13(9)15(22)19(8-18-10)7-12(21)14-11(20)5-2-6-17-14;/h1,3-4,8,11,14,17,20H,2,5-7H2;1H/t11-,14-;/m0./s1. The number of carbonyl (C=O) groups is 1. The second-order valence-corrected chi connectivity index (χ2v) is 5.42. The fraction of sp³-hybridized carbons (Fsp3) is 0.400. The van der Waals surface area contributed by atoms with Crippen molar-refractivity contribution in [2.45, 2.75) is 31.5 Å². The predicted octanol–water partition coefficient (Wildman–Crippen LogP) is 0.639. The first-order valence-electron chi connectivity index (χ1n) is 7.16. The number of Topliss-reactive ketones (excluding diaryl/α,β-unsaturated/α-hetero) is 1. The van der Waals surface area contributed by atoms with Gasteiger partial charge in [0.05, 0.1) is 30.5 Å². The number of aromatic nitrogens is 2. The van der Waals surface area contributed by atoms with Gasteiger partial charge in [-0.05, 0) is 31.5 Å². The van der Waals surface area contributed by atoms with Crippen LogP contribution >= 0.6 is 12.4 Å². The van der Waals surface area contributed by atoms with Crippen LogP contribution in [-0.2, 0) is 11.3 Å². The number of piperidine rings is 1. The first-order valence-corrected chi connectivity index (χ1v) is 7.16. The first kappa shape index (κ1) is 17.5. The molecule has 1 aromatic heterocycles. The minimum Gasteiger partial charge on any atom is -0.391 e. The molecule has 0 aliphatic carbocycles. The minimum absolute atomic E-state index is 0. The molecule has 6 nitrogen and oxygen atoms in total. The number of nitrogens with one attached hydrogen (secondary N) is 1. The SMILES string of the molecule is Cl.O=C(Cn1cnc2cccc(F)c2c1=O)[C@H]1NCCC[C@@H]1O. The number of carbonyl (C=O) groups excluding carboxylic acids is 1. The number of aliphatic hydroxyl groups is 1. The molecule has 124 valence electrons. The Kier molecular flexibility index (Phi) is 5.46. The number of hydrogen-bond donors (Lipinski definition) is 2. The molecule has 1 saturated heterocycles. The van der Waals surface area contributed by atoms with E-state index in [-0.39, 0.29) is 35.6 Å². The van der Waals surface area contributed by atoms with Crippen molar-refractivity contribution in [1.82, 2.24) is 14.9 Å². The van der Waals surface area contributed by atoms with Crippen molar-refractivity contribution < 1.29 is 14.3 Å². The Hall–Kier alpha value is -1.83. The number of benzene rings is 1. The maximum Gasteiger partial charge on any atom is 0.264 e. The summed E-state index contributed by atoms with van der Waals surface area (Å²) in [5.41, 5.74) is -0.341. The summed E-state index contributed by atoms with van der Waals surface area (Å²) in [6, 6.07) is 3.50. The average molecular weight is 342 g/mol. The Bertz CT molecular complexity index is 780. The monoisotopic (exact) mass is 341 g/mol. The normalized spacial score (nSPS) is 21.0.